The van der Waals surface area contributed by atoms with Gasteiger partial charge in [-0.3, -0.25) is 10.1 Å². The van der Waals surface area contributed by atoms with Crippen LogP contribution in [0, 0.1) is 13.8 Å². The normalized spacial score (nSPS) is 11.5. The quantitative estimate of drug-likeness (QED) is 0.545. The molecule has 0 atom stereocenters. The van der Waals surface area contributed by atoms with Crippen LogP contribution in [0.5, 0.6) is 0 Å². The summed E-state index contributed by atoms with van der Waals surface area (Å²) in [5.74, 6) is 0. The van der Waals surface area contributed by atoms with Gasteiger partial charge in [0, 0.05) is 11.6 Å². The maximum absolute atomic E-state index is 4.41. The summed E-state index contributed by atoms with van der Waals surface area (Å²) >= 11 is 0. The van der Waals surface area contributed by atoms with Gasteiger partial charge in [0.15, 0.2) is 0 Å². The summed E-state index contributed by atoms with van der Waals surface area (Å²) in [7, 11) is 0. The number of H-pyrrole nitrogens is 1. The number of aromatic amines is 1. The molecule has 3 heteroatoms. The van der Waals surface area contributed by atoms with Gasteiger partial charge in [-0.05, 0) is 67.8 Å². The fourth-order valence-corrected chi connectivity index (χ4v) is 3.36. The first-order valence-corrected chi connectivity index (χ1v) is 8.81. The maximum Gasteiger partial charge on any atom is 0.0927 e. The highest BCUT2D eigenvalue weighted by atomic mass is 15.1. The van der Waals surface area contributed by atoms with Crippen LogP contribution < -0.4 is 0 Å². The zero-order valence-electron chi connectivity index (χ0n) is 15.0. The number of benzene rings is 2. The largest absolute Gasteiger partial charge is 0.277 e. The third kappa shape index (κ3) is 3.57. The minimum absolute atomic E-state index is 0.924. The number of aromatic nitrogens is 3. The lowest BCUT2D eigenvalue weighted by Crippen LogP contribution is -1.90. The molecule has 1 N–H and O–H groups in total. The Morgan fingerprint density at radius 1 is 0.885 bits per heavy atom. The van der Waals surface area contributed by atoms with Gasteiger partial charge in [-0.15, -0.1) is 0 Å². The Bertz CT molecular complexity index is 1060. The van der Waals surface area contributed by atoms with Crippen LogP contribution in [-0.2, 0) is 6.42 Å². The maximum atomic E-state index is 4.41. The smallest absolute Gasteiger partial charge is 0.0927 e. The molecule has 128 valence electrons. The molecule has 0 amide bonds. The van der Waals surface area contributed by atoms with Gasteiger partial charge >= 0.3 is 0 Å². The highest BCUT2D eigenvalue weighted by Crippen LogP contribution is 2.22. The number of rotatable bonds is 4. The molecule has 2 heterocycles. The number of aryl methyl sites for hydroxylation is 2. The number of hydrogen-bond acceptors (Lipinski definition) is 2. The van der Waals surface area contributed by atoms with Crippen molar-refractivity contribution in [3.8, 4) is 0 Å². The van der Waals surface area contributed by atoms with Crippen molar-refractivity contribution in [1.29, 1.82) is 0 Å². The van der Waals surface area contributed by atoms with Crippen molar-refractivity contribution in [2.24, 2.45) is 0 Å². The zero-order chi connectivity index (χ0) is 17.9. The van der Waals surface area contributed by atoms with Gasteiger partial charge in [0.2, 0.25) is 0 Å². The van der Waals surface area contributed by atoms with Crippen molar-refractivity contribution in [1.82, 2.24) is 15.2 Å². The van der Waals surface area contributed by atoms with Crippen molar-refractivity contribution >= 4 is 23.1 Å². The second-order valence-electron chi connectivity index (χ2n) is 6.75. The Balaban J connectivity index is 1.65. The first-order valence-electron chi connectivity index (χ1n) is 8.81. The molecule has 0 fully saturated rings. The van der Waals surface area contributed by atoms with Crippen molar-refractivity contribution in [2.75, 3.05) is 0 Å². The highest BCUT2D eigenvalue weighted by Gasteiger charge is 2.05. The van der Waals surface area contributed by atoms with E-state index in [2.05, 4.69) is 65.4 Å². The molecule has 0 aliphatic heterocycles. The van der Waals surface area contributed by atoms with Crippen LogP contribution in [0.15, 0.2) is 60.8 Å². The van der Waals surface area contributed by atoms with Gasteiger partial charge in [0.25, 0.3) is 0 Å². The van der Waals surface area contributed by atoms with Gasteiger partial charge < -0.3 is 0 Å². The monoisotopic (exact) mass is 339 g/mol. The number of nitrogens with one attached hydrogen (secondary N) is 1. The topological polar surface area (TPSA) is 41.6 Å². The van der Waals surface area contributed by atoms with Crippen LogP contribution in [0.2, 0.25) is 0 Å². The predicted molar refractivity (Wildman–Crippen MR) is 108 cm³/mol. The fourth-order valence-electron chi connectivity index (χ4n) is 3.36. The average Bonchev–Trinajstić information content (AvgIpc) is 3.02. The summed E-state index contributed by atoms with van der Waals surface area (Å²) in [5.41, 5.74) is 8.17. The summed E-state index contributed by atoms with van der Waals surface area (Å²) < 4.78 is 0. The lowest BCUT2D eigenvalue weighted by atomic mass is 9.99. The van der Waals surface area contributed by atoms with Gasteiger partial charge in [-0.25, -0.2) is 0 Å². The van der Waals surface area contributed by atoms with Gasteiger partial charge in [-0.1, -0.05) is 41.5 Å². The Hall–Kier alpha value is -3.20. The van der Waals surface area contributed by atoms with Gasteiger partial charge in [0.05, 0.1) is 16.9 Å². The number of hydrogen-bond donors (Lipinski definition) is 1. The molecule has 26 heavy (non-hydrogen) atoms. The minimum Gasteiger partial charge on any atom is -0.277 e. The van der Waals surface area contributed by atoms with E-state index >= 15 is 0 Å². The molecule has 0 aliphatic rings. The lowest BCUT2D eigenvalue weighted by molar-refractivity contribution is 1.11. The van der Waals surface area contributed by atoms with Crippen molar-refractivity contribution in [3.63, 3.8) is 0 Å². The first kappa shape index (κ1) is 16.3. The van der Waals surface area contributed by atoms with Crippen molar-refractivity contribution in [3.05, 3.63) is 94.4 Å². The van der Waals surface area contributed by atoms with E-state index in [9.17, 15) is 0 Å². The zero-order valence-corrected chi connectivity index (χ0v) is 15.0. The standard InChI is InChI=1S/C23H21N3/c1-16-11-17(2)13-19(12-16)14-18-6-8-22-21(15-18)23(26-25-22)9-7-20-5-3-4-10-24-20/h3-13,15H,14H2,1-2H3,(H,25,26). The predicted octanol–water partition coefficient (Wildman–Crippen LogP) is 5.34. The molecule has 0 unspecified atom stereocenters. The average molecular weight is 339 g/mol. The van der Waals surface area contributed by atoms with Crippen molar-refractivity contribution < 1.29 is 0 Å². The van der Waals surface area contributed by atoms with Crippen LogP contribution in [-0.4, -0.2) is 15.2 Å². The molecule has 2 aromatic carbocycles. The van der Waals surface area contributed by atoms with Gasteiger partial charge in [-0.2, -0.15) is 5.10 Å². The second kappa shape index (κ2) is 6.96. The highest BCUT2D eigenvalue weighted by molar-refractivity contribution is 5.89. The minimum atomic E-state index is 0.924. The van der Waals surface area contributed by atoms with Gasteiger partial charge in [0.1, 0.15) is 0 Å². The third-order valence-corrected chi connectivity index (χ3v) is 4.45. The fraction of sp³-hybridized carbons (Fsp3) is 0.130. The first-order chi connectivity index (χ1) is 12.7. The molecule has 4 rings (SSSR count). The second-order valence-corrected chi connectivity index (χ2v) is 6.75. The van der Waals surface area contributed by atoms with Crippen molar-refractivity contribution in [2.45, 2.75) is 20.3 Å². The van der Waals surface area contributed by atoms with E-state index in [0.29, 0.717) is 0 Å². The van der Waals surface area contributed by atoms with Crippen LogP contribution in [0.4, 0.5) is 0 Å². The Morgan fingerprint density at radius 3 is 2.50 bits per heavy atom. The van der Waals surface area contributed by atoms with E-state index in [1.807, 2.05) is 30.4 Å². The third-order valence-electron chi connectivity index (χ3n) is 4.45. The Labute approximate surface area is 153 Å². The van der Waals surface area contributed by atoms with Crippen LogP contribution >= 0.6 is 0 Å². The molecule has 0 saturated carbocycles. The van der Waals surface area contributed by atoms with E-state index in [1.165, 1.54) is 22.3 Å². The molecular weight excluding hydrogens is 318 g/mol. The molecule has 0 bridgehead atoms. The van der Waals surface area contributed by atoms with Crippen LogP contribution in [0.1, 0.15) is 33.6 Å². The summed E-state index contributed by atoms with van der Waals surface area (Å²) in [6, 6.07) is 19.1. The number of nitrogens with zero attached hydrogens (tertiary/aromatic N) is 2. The van der Waals surface area contributed by atoms with E-state index in [1.54, 1.807) is 6.20 Å². The molecular formula is C23H21N3. The molecule has 0 radical (unpaired) electrons. The summed E-state index contributed by atoms with van der Waals surface area (Å²) in [5, 5.41) is 8.68. The molecule has 4 aromatic rings. The number of fused-ring (bicyclic) bond motifs is 1. The molecule has 0 aliphatic carbocycles. The van der Waals surface area contributed by atoms with Crippen LogP contribution in [0.25, 0.3) is 23.1 Å². The molecule has 3 nitrogen and oxygen atoms in total. The lowest BCUT2D eigenvalue weighted by Gasteiger charge is -2.06. The van der Waals surface area contributed by atoms with E-state index in [0.717, 1.165) is 28.7 Å². The summed E-state index contributed by atoms with van der Waals surface area (Å²) in [6.45, 7) is 4.30. The molecule has 2 aromatic heterocycles. The summed E-state index contributed by atoms with van der Waals surface area (Å²) in [4.78, 5) is 4.33. The Kier molecular flexibility index (Phi) is 4.36. The van der Waals surface area contributed by atoms with E-state index < -0.39 is 0 Å². The Morgan fingerprint density at radius 2 is 1.73 bits per heavy atom. The van der Waals surface area contributed by atoms with Crippen LogP contribution in [0.3, 0.4) is 0 Å². The van der Waals surface area contributed by atoms with E-state index in [4.69, 9.17) is 0 Å². The molecule has 0 spiro atoms. The number of pyridine rings is 1. The summed E-state index contributed by atoms with van der Waals surface area (Å²) in [6.07, 6.45) is 6.77. The van der Waals surface area contributed by atoms with E-state index in [-0.39, 0.29) is 0 Å². The SMILES string of the molecule is Cc1cc(C)cc(Cc2ccc3n[nH]c(C=Cc4ccccn4)c3c2)c1. The molecule has 0 saturated heterocycles.